The third kappa shape index (κ3) is 5.54. The van der Waals surface area contributed by atoms with Gasteiger partial charge in [-0.3, -0.25) is 14.4 Å². The molecule has 0 unspecified atom stereocenters. The van der Waals surface area contributed by atoms with E-state index in [1.54, 1.807) is 49.8 Å². The van der Waals surface area contributed by atoms with Crippen LogP contribution in [0.25, 0.3) is 0 Å². The Morgan fingerprint density at radius 1 is 1.00 bits per heavy atom. The van der Waals surface area contributed by atoms with Gasteiger partial charge in [0.15, 0.2) is 17.3 Å². The number of hydrogen-bond acceptors (Lipinski definition) is 6. The number of nitrogens with one attached hydrogen (secondary N) is 1. The molecular weight excluding hydrogens is 464 g/mol. The summed E-state index contributed by atoms with van der Waals surface area (Å²) in [5.74, 6) is 0.690. The summed E-state index contributed by atoms with van der Waals surface area (Å²) >= 11 is 1.59. The minimum Gasteiger partial charge on any atom is -0.493 e. The highest BCUT2D eigenvalue weighted by molar-refractivity contribution is 7.10. The van der Waals surface area contributed by atoms with Gasteiger partial charge in [0.05, 0.1) is 26.8 Å². The number of benzene rings is 2. The van der Waals surface area contributed by atoms with Crippen molar-refractivity contribution in [3.05, 3.63) is 81.5 Å². The van der Waals surface area contributed by atoms with Gasteiger partial charge < -0.3 is 19.7 Å². The fourth-order valence-corrected chi connectivity index (χ4v) is 5.18. The Labute approximate surface area is 208 Å². The van der Waals surface area contributed by atoms with E-state index in [1.807, 2.05) is 40.6 Å². The number of methoxy groups -OCH3 is 2. The molecule has 1 atom stereocenters. The first-order chi connectivity index (χ1) is 17.0. The number of carbonyl (C=O) groups excluding carboxylic acids is 3. The van der Waals surface area contributed by atoms with E-state index in [4.69, 9.17) is 9.47 Å². The van der Waals surface area contributed by atoms with E-state index in [0.717, 1.165) is 16.0 Å². The number of nitrogens with zero attached hydrogens (tertiary/aromatic N) is 1. The number of carbonyl (C=O) groups is 3. The first-order valence-electron chi connectivity index (χ1n) is 11.4. The van der Waals surface area contributed by atoms with Gasteiger partial charge in [0.2, 0.25) is 11.8 Å². The molecule has 2 heterocycles. The molecule has 2 aromatic carbocycles. The first kappa shape index (κ1) is 24.5. The fraction of sp³-hybridized carbons (Fsp3) is 0.296. The SMILES string of the molecule is COc1cc2c(cc1OC)[C@@H](c1cccs1)N(C(=O)CCC(=O)NCC(=O)c1ccccc1)CC2. The van der Waals surface area contributed by atoms with E-state index in [1.165, 1.54) is 0 Å². The zero-order valence-corrected chi connectivity index (χ0v) is 20.6. The number of ketones is 1. The summed E-state index contributed by atoms with van der Waals surface area (Å²) in [7, 11) is 3.20. The van der Waals surface area contributed by atoms with Crippen LogP contribution in [0.15, 0.2) is 60.0 Å². The first-order valence-corrected chi connectivity index (χ1v) is 12.3. The number of rotatable bonds is 9. The van der Waals surface area contributed by atoms with Gasteiger partial charge in [-0.1, -0.05) is 36.4 Å². The molecule has 1 N–H and O–H groups in total. The third-order valence-corrected chi connectivity index (χ3v) is 7.04. The maximum atomic E-state index is 13.3. The molecule has 4 rings (SSSR count). The maximum absolute atomic E-state index is 13.3. The molecule has 0 spiro atoms. The van der Waals surface area contributed by atoms with E-state index in [-0.39, 0.29) is 43.0 Å². The standard InChI is InChI=1S/C27H28N2O5S/c1-33-22-15-19-12-13-29(27(24-9-6-14-35-24)20(19)16-23(22)34-2)26(32)11-10-25(31)28-17-21(30)18-7-4-3-5-8-18/h3-9,14-16,27H,10-13,17H2,1-2H3,(H,28,31)/t27-/m0/s1. The Balaban J connectivity index is 1.44. The zero-order chi connectivity index (χ0) is 24.8. The van der Waals surface area contributed by atoms with Crippen molar-refractivity contribution in [3.63, 3.8) is 0 Å². The van der Waals surface area contributed by atoms with E-state index in [2.05, 4.69) is 5.32 Å². The van der Waals surface area contributed by atoms with Crippen LogP contribution in [0.4, 0.5) is 0 Å². The van der Waals surface area contributed by atoms with E-state index < -0.39 is 0 Å². The molecule has 1 aliphatic heterocycles. The molecule has 7 nitrogen and oxygen atoms in total. The lowest BCUT2D eigenvalue weighted by Crippen LogP contribution is -2.41. The highest BCUT2D eigenvalue weighted by Crippen LogP contribution is 2.42. The quantitative estimate of drug-likeness (QED) is 0.456. The molecule has 3 aromatic rings. The molecule has 182 valence electrons. The van der Waals surface area contributed by atoms with Gasteiger partial charge in [0.25, 0.3) is 0 Å². The molecule has 2 amide bonds. The lowest BCUT2D eigenvalue weighted by Gasteiger charge is -2.37. The van der Waals surface area contributed by atoms with Crippen molar-refractivity contribution in [3.8, 4) is 11.5 Å². The number of thiophene rings is 1. The third-order valence-electron chi connectivity index (χ3n) is 6.11. The number of amides is 2. The van der Waals surface area contributed by atoms with Crippen LogP contribution in [-0.4, -0.2) is 49.8 Å². The van der Waals surface area contributed by atoms with Crippen molar-refractivity contribution in [2.75, 3.05) is 27.3 Å². The minimum absolute atomic E-state index is 0.0212. The normalized spacial score (nSPS) is 14.7. The lowest BCUT2D eigenvalue weighted by atomic mass is 9.90. The zero-order valence-electron chi connectivity index (χ0n) is 19.8. The minimum atomic E-state index is -0.320. The number of hydrogen-bond donors (Lipinski definition) is 1. The number of fused-ring (bicyclic) bond motifs is 1. The summed E-state index contributed by atoms with van der Waals surface area (Å²) in [6, 6.07) is 16.5. The van der Waals surface area contributed by atoms with Gasteiger partial charge in [0, 0.05) is 29.8 Å². The largest absolute Gasteiger partial charge is 0.493 e. The van der Waals surface area contributed by atoms with Crippen molar-refractivity contribution < 1.29 is 23.9 Å². The van der Waals surface area contributed by atoms with E-state index >= 15 is 0 Å². The van der Waals surface area contributed by atoms with Gasteiger partial charge in [-0.25, -0.2) is 0 Å². The number of Topliss-reactive ketones (excluding diaryl/α,β-unsaturated/α-hetero) is 1. The molecule has 1 aromatic heterocycles. The van der Waals surface area contributed by atoms with Gasteiger partial charge >= 0.3 is 0 Å². The fourth-order valence-electron chi connectivity index (χ4n) is 4.33. The van der Waals surface area contributed by atoms with Crippen LogP contribution in [0, 0.1) is 0 Å². The van der Waals surface area contributed by atoms with Gasteiger partial charge in [-0.2, -0.15) is 0 Å². The van der Waals surface area contributed by atoms with Gasteiger partial charge in [0.1, 0.15) is 0 Å². The summed E-state index contributed by atoms with van der Waals surface area (Å²) in [6.45, 7) is 0.450. The van der Waals surface area contributed by atoms with Crippen LogP contribution in [-0.2, 0) is 16.0 Å². The molecule has 0 saturated heterocycles. The van der Waals surface area contributed by atoms with Crippen molar-refractivity contribution in [2.45, 2.75) is 25.3 Å². The molecular formula is C27H28N2O5S. The summed E-state index contributed by atoms with van der Waals surface area (Å²) in [4.78, 5) is 40.7. The monoisotopic (exact) mass is 492 g/mol. The maximum Gasteiger partial charge on any atom is 0.223 e. The summed E-state index contributed by atoms with van der Waals surface area (Å²) in [6.07, 6.45) is 0.768. The predicted octanol–water partition coefficient (Wildman–Crippen LogP) is 4.02. The smallest absolute Gasteiger partial charge is 0.223 e. The second-order valence-corrected chi connectivity index (χ2v) is 9.21. The van der Waals surface area contributed by atoms with Crippen molar-refractivity contribution in [1.82, 2.24) is 10.2 Å². The second kappa shape index (κ2) is 11.2. The van der Waals surface area contributed by atoms with E-state index in [0.29, 0.717) is 30.0 Å². The molecule has 0 aliphatic carbocycles. The van der Waals surface area contributed by atoms with Crippen LogP contribution >= 0.6 is 11.3 Å². The van der Waals surface area contributed by atoms with Gasteiger partial charge in [-0.05, 0) is 41.1 Å². The average Bonchev–Trinajstić information content (AvgIpc) is 3.43. The van der Waals surface area contributed by atoms with Crippen LogP contribution in [0.1, 0.15) is 45.2 Å². The Bertz CT molecular complexity index is 1190. The van der Waals surface area contributed by atoms with E-state index in [9.17, 15) is 14.4 Å². The molecule has 1 aliphatic rings. The molecule has 0 radical (unpaired) electrons. The highest BCUT2D eigenvalue weighted by atomic mass is 32.1. The van der Waals surface area contributed by atoms with Gasteiger partial charge in [-0.15, -0.1) is 11.3 Å². The number of ether oxygens (including phenoxy) is 2. The van der Waals surface area contributed by atoms with Crippen molar-refractivity contribution in [1.29, 1.82) is 0 Å². The van der Waals surface area contributed by atoms with Crippen LogP contribution in [0.3, 0.4) is 0 Å². The topological polar surface area (TPSA) is 84.9 Å². The molecule has 0 saturated carbocycles. The Kier molecular flexibility index (Phi) is 7.82. The van der Waals surface area contributed by atoms with Crippen molar-refractivity contribution in [2.24, 2.45) is 0 Å². The van der Waals surface area contributed by atoms with Crippen LogP contribution in [0.2, 0.25) is 0 Å². The molecule has 0 fully saturated rings. The summed E-state index contributed by atoms with van der Waals surface area (Å²) < 4.78 is 11.0. The Morgan fingerprint density at radius 2 is 1.74 bits per heavy atom. The Morgan fingerprint density at radius 3 is 2.43 bits per heavy atom. The Hall–Kier alpha value is -3.65. The summed E-state index contributed by atoms with van der Waals surface area (Å²) in [5.41, 5.74) is 2.66. The summed E-state index contributed by atoms with van der Waals surface area (Å²) in [5, 5.41) is 4.62. The second-order valence-electron chi connectivity index (χ2n) is 8.23. The highest BCUT2D eigenvalue weighted by Gasteiger charge is 2.34. The van der Waals surface area contributed by atoms with Crippen molar-refractivity contribution >= 4 is 28.9 Å². The predicted molar refractivity (Wildman–Crippen MR) is 134 cm³/mol. The molecule has 8 heteroatoms. The average molecular weight is 493 g/mol. The van der Waals surface area contributed by atoms with Crippen LogP contribution in [0.5, 0.6) is 11.5 Å². The lowest BCUT2D eigenvalue weighted by molar-refractivity contribution is -0.135. The molecule has 0 bridgehead atoms. The van der Waals surface area contributed by atoms with Crippen LogP contribution < -0.4 is 14.8 Å². The molecule has 35 heavy (non-hydrogen) atoms.